The Morgan fingerprint density at radius 2 is 1.13 bits per heavy atom. The van der Waals surface area contributed by atoms with Crippen molar-refractivity contribution in [3.8, 4) is 0 Å². The van der Waals surface area contributed by atoms with Gasteiger partial charge in [0.1, 0.15) is 0 Å². The summed E-state index contributed by atoms with van der Waals surface area (Å²) in [7, 11) is 0.306. The molecule has 1 radical (unpaired) electrons. The maximum absolute atomic E-state index is 9.89. The normalized spacial score (nSPS) is 10.3. The molecule has 265 valence electrons. The minimum atomic E-state index is -0.582. The van der Waals surface area contributed by atoms with Crippen molar-refractivity contribution in [1.29, 1.82) is 0 Å². The second-order valence-electron chi connectivity index (χ2n) is 9.49. The standard InChI is InChI=1S/C12H32B3N3O4.C9H23N3O.C2H5B2O3.CH2Cl2/c1-5-16(13(2)20)8-9-18(15(4)22)11-10-17(14(3)21)7-6-12-19;1-2-10-5-6-12-8-7-11-4-3-9-13;1-3-7-6-2-4-5;2-1-3/h19-22H,5-12H2,1-4H3;10-13H,2-9H2,1H3;2H2,1H3;1H2. The first-order valence-electron chi connectivity index (χ1n) is 15.8. The number of aliphatic hydroxyl groups is 2. The zero-order valence-electron chi connectivity index (χ0n) is 28.7. The van der Waals surface area contributed by atoms with Crippen LogP contribution >= 0.6 is 23.2 Å². The summed E-state index contributed by atoms with van der Waals surface area (Å²) in [5.74, 6) is 0. The van der Waals surface area contributed by atoms with E-state index in [0.717, 1.165) is 52.2 Å². The number of likely N-dealkylation sites (N-methyl/N-ethyl adjacent to an activating group) is 2. The Hall–Kier alpha value is 0.185. The van der Waals surface area contributed by atoms with E-state index in [4.69, 9.17) is 33.4 Å². The molecule has 0 amide bonds. The second-order valence-corrected chi connectivity index (χ2v) is 10.3. The van der Waals surface area contributed by atoms with Crippen LogP contribution in [-0.4, -0.2) is 179 Å². The van der Waals surface area contributed by atoms with Crippen LogP contribution in [0.2, 0.25) is 27.3 Å². The maximum Gasteiger partial charge on any atom is 0.0967 e. The smallest absolute Gasteiger partial charge is 0.0967 e. The predicted molar refractivity (Wildman–Crippen MR) is 191 cm³/mol. The Morgan fingerprint density at radius 3 is 1.51 bits per heavy atom. The Bertz CT molecular complexity index is 560. The summed E-state index contributed by atoms with van der Waals surface area (Å²) >= 11 is 9.53. The summed E-state index contributed by atoms with van der Waals surface area (Å²) < 4.78 is 9.46. The number of alkyl halides is 2. The minimum absolute atomic E-state index is 0.00958. The quantitative estimate of drug-likeness (QED) is 0.0170. The number of aliphatic hydroxyl groups excluding tert-OH is 2. The third-order valence-electron chi connectivity index (χ3n) is 5.96. The molecule has 0 heterocycles. The van der Waals surface area contributed by atoms with Gasteiger partial charge in [-0.25, -0.2) is 0 Å². The molecule has 0 fully saturated rings. The summed E-state index contributed by atoms with van der Waals surface area (Å²) in [5, 5.41) is 56.6. The number of halogens is 2. The number of hydrogen-bond acceptors (Lipinski definition) is 14. The summed E-state index contributed by atoms with van der Waals surface area (Å²) in [4.78, 5) is 14.1. The van der Waals surface area contributed by atoms with Gasteiger partial charge in [-0.2, -0.15) is 0 Å². The third kappa shape index (κ3) is 44.2. The molecule has 0 saturated carbocycles. The number of nitrogens with zero attached hydrogens (tertiary/aromatic N) is 3. The first-order chi connectivity index (χ1) is 21.6. The van der Waals surface area contributed by atoms with E-state index in [1.165, 1.54) is 7.48 Å². The zero-order chi connectivity index (χ0) is 35.1. The third-order valence-corrected chi connectivity index (χ3v) is 5.96. The number of rotatable bonds is 27. The molecule has 0 aliphatic rings. The van der Waals surface area contributed by atoms with Crippen molar-refractivity contribution in [3.05, 3.63) is 0 Å². The van der Waals surface area contributed by atoms with Crippen LogP contribution in [0.1, 0.15) is 26.7 Å². The van der Waals surface area contributed by atoms with Gasteiger partial charge >= 0.3 is 63.5 Å². The van der Waals surface area contributed by atoms with E-state index < -0.39 is 21.2 Å². The van der Waals surface area contributed by atoms with Gasteiger partial charge in [-0.3, -0.25) is 0 Å². The van der Waals surface area contributed by atoms with Gasteiger partial charge in [-0.1, -0.05) is 13.8 Å². The zero-order valence-corrected chi connectivity index (χ0v) is 30.2. The van der Waals surface area contributed by atoms with Gasteiger partial charge < -0.3 is 55.7 Å². The number of hydrogen-bond donors (Lipinski definition) is 8. The fourth-order valence-corrected chi connectivity index (χ4v) is 3.49. The Labute approximate surface area is 286 Å². The van der Waals surface area contributed by atoms with Gasteiger partial charge in [-0.15, -0.1) is 23.2 Å². The maximum atomic E-state index is 9.89. The van der Waals surface area contributed by atoms with Crippen LogP contribution in [0.15, 0.2) is 0 Å². The molecule has 0 aromatic heterocycles. The largest absolute Gasteiger partial charge is 0.109 e. The molecule has 21 heteroatoms. The van der Waals surface area contributed by atoms with E-state index in [-0.39, 0.29) is 25.1 Å². The Balaban J connectivity index is -0.000000306. The fourth-order valence-electron chi connectivity index (χ4n) is 3.49. The van der Waals surface area contributed by atoms with Gasteiger partial charge in [0.25, 0.3) is 0 Å². The van der Waals surface area contributed by atoms with Crippen molar-refractivity contribution < 1.29 is 39.7 Å². The van der Waals surface area contributed by atoms with E-state index in [0.29, 0.717) is 46.3 Å². The molecular formula is C24H62B5Cl2N6O8. The Kier molecular flexibility index (Phi) is 51.1. The molecular weight excluding hydrogens is 625 g/mol. The molecule has 0 rings (SSSR count). The first-order valence-corrected chi connectivity index (χ1v) is 16.9. The van der Waals surface area contributed by atoms with E-state index in [9.17, 15) is 19.8 Å². The molecule has 45 heavy (non-hydrogen) atoms. The molecule has 0 saturated heterocycles. The summed E-state index contributed by atoms with van der Waals surface area (Å²) in [6.45, 7) is 21.2. The summed E-state index contributed by atoms with van der Waals surface area (Å²) in [6.07, 6.45) is 1.46. The summed E-state index contributed by atoms with van der Waals surface area (Å²) in [6, 6.07) is 0. The molecule has 0 aliphatic heterocycles. The SMILES string of the molecule is CCN(CCN(CCN(CCCO)B(C)O)B(C)O)B(C)O.CCNCCNCCNCCCO.C[B]OOCB=O.ClCCl. The van der Waals surface area contributed by atoms with Gasteiger partial charge in [0, 0.05) is 65.6 Å². The van der Waals surface area contributed by atoms with Crippen LogP contribution in [0.5, 0.6) is 0 Å². The van der Waals surface area contributed by atoms with E-state index in [2.05, 4.69) is 32.6 Å². The fraction of sp³-hybridized carbons (Fsp3) is 1.00. The van der Waals surface area contributed by atoms with E-state index in [1.807, 2.05) is 21.4 Å². The van der Waals surface area contributed by atoms with Gasteiger partial charge in [-0.05, 0) is 59.5 Å². The van der Waals surface area contributed by atoms with Crippen LogP contribution in [-0.2, 0) is 14.4 Å². The minimum Gasteiger partial charge on any atom is -0.109 e. The van der Waals surface area contributed by atoms with Crippen LogP contribution < -0.4 is 16.0 Å². The average Bonchev–Trinajstić information content (AvgIpc) is 3.00. The number of nitrogens with one attached hydrogen (secondary N) is 3. The van der Waals surface area contributed by atoms with Crippen molar-refractivity contribution in [2.75, 3.05) is 104 Å². The molecule has 0 spiro atoms. The predicted octanol–water partition coefficient (Wildman–Crippen LogP) is -1.19. The molecule has 0 atom stereocenters. The first kappa shape index (κ1) is 52.0. The monoisotopic (exact) mass is 687 g/mol. The summed E-state index contributed by atoms with van der Waals surface area (Å²) in [5.41, 5.74) is 0. The molecule has 0 aromatic rings. The van der Waals surface area contributed by atoms with E-state index in [1.54, 1.807) is 27.3 Å². The van der Waals surface area contributed by atoms with Crippen molar-refractivity contribution in [2.24, 2.45) is 0 Å². The van der Waals surface area contributed by atoms with Crippen LogP contribution in [0.25, 0.3) is 0 Å². The topological polar surface area (TPSA) is 182 Å². The van der Waals surface area contributed by atoms with Gasteiger partial charge in [0.05, 0.1) is 5.34 Å². The second kappa shape index (κ2) is 44.2. The molecule has 0 unspecified atom stereocenters. The van der Waals surface area contributed by atoms with Crippen LogP contribution in [0, 0.1) is 0 Å². The molecule has 14 nitrogen and oxygen atoms in total. The van der Waals surface area contributed by atoms with E-state index >= 15 is 0 Å². The average molecular weight is 688 g/mol. The van der Waals surface area contributed by atoms with Crippen molar-refractivity contribution in [2.45, 2.75) is 54.0 Å². The van der Waals surface area contributed by atoms with Crippen LogP contribution in [0.3, 0.4) is 0 Å². The van der Waals surface area contributed by atoms with Crippen LogP contribution in [0.4, 0.5) is 0 Å². The Morgan fingerprint density at radius 1 is 0.711 bits per heavy atom. The van der Waals surface area contributed by atoms with Crippen molar-refractivity contribution in [3.63, 3.8) is 0 Å². The molecule has 0 aliphatic carbocycles. The van der Waals surface area contributed by atoms with Crippen molar-refractivity contribution >= 4 is 59.0 Å². The molecule has 0 aromatic carbocycles. The van der Waals surface area contributed by atoms with Gasteiger partial charge in [0.2, 0.25) is 0 Å². The van der Waals surface area contributed by atoms with Crippen molar-refractivity contribution in [1.82, 2.24) is 30.4 Å². The molecule has 0 bridgehead atoms. The molecule has 8 N–H and O–H groups in total. The van der Waals surface area contributed by atoms with Gasteiger partial charge in [0.15, 0.2) is 0 Å².